The van der Waals surface area contributed by atoms with Crippen LogP contribution in [0.1, 0.15) is 30.9 Å². The lowest BCUT2D eigenvalue weighted by Crippen LogP contribution is -2.45. The third-order valence-electron chi connectivity index (χ3n) is 3.72. The number of carbonyl (C=O) groups excluding carboxylic acids is 1. The molecule has 0 bridgehead atoms. The van der Waals surface area contributed by atoms with Crippen LogP contribution in [0.3, 0.4) is 0 Å². The summed E-state index contributed by atoms with van der Waals surface area (Å²) in [5, 5.41) is 3.03. The van der Waals surface area contributed by atoms with Gasteiger partial charge in [-0.05, 0) is 37.7 Å². The molecule has 1 N–H and O–H groups in total. The second-order valence-corrected chi connectivity index (χ2v) is 5.66. The van der Waals surface area contributed by atoms with Crippen molar-refractivity contribution in [1.82, 2.24) is 10.2 Å². The summed E-state index contributed by atoms with van der Waals surface area (Å²) in [4.78, 5) is 14.0. The predicted molar refractivity (Wildman–Crippen MR) is 78.3 cm³/mol. The van der Waals surface area contributed by atoms with Crippen molar-refractivity contribution < 1.29 is 4.79 Å². The van der Waals surface area contributed by atoms with Gasteiger partial charge in [0.1, 0.15) is 0 Å². The molecule has 0 radical (unpaired) electrons. The van der Waals surface area contributed by atoms with E-state index in [-0.39, 0.29) is 6.03 Å². The summed E-state index contributed by atoms with van der Waals surface area (Å²) < 4.78 is 0. The fourth-order valence-electron chi connectivity index (χ4n) is 2.67. The number of likely N-dealkylation sites (tertiary alicyclic amines) is 1. The topological polar surface area (TPSA) is 32.3 Å². The van der Waals surface area contributed by atoms with E-state index in [2.05, 4.69) is 43.4 Å². The zero-order valence-corrected chi connectivity index (χ0v) is 12.0. The van der Waals surface area contributed by atoms with Crippen molar-refractivity contribution in [3.8, 4) is 0 Å². The first-order valence-electron chi connectivity index (χ1n) is 7.23. The van der Waals surface area contributed by atoms with Crippen LogP contribution in [0.5, 0.6) is 0 Å². The summed E-state index contributed by atoms with van der Waals surface area (Å²) in [5.41, 5.74) is 2.56. The number of benzene rings is 1. The molecule has 0 aliphatic carbocycles. The highest BCUT2D eigenvalue weighted by molar-refractivity contribution is 5.74. The van der Waals surface area contributed by atoms with Gasteiger partial charge in [0.15, 0.2) is 0 Å². The van der Waals surface area contributed by atoms with Gasteiger partial charge in [-0.2, -0.15) is 0 Å². The molecule has 1 saturated heterocycles. The largest absolute Gasteiger partial charge is 0.338 e. The molecule has 1 aliphatic heterocycles. The molecule has 0 spiro atoms. The van der Waals surface area contributed by atoms with Crippen LogP contribution >= 0.6 is 0 Å². The van der Waals surface area contributed by atoms with E-state index in [1.807, 2.05) is 4.90 Å². The van der Waals surface area contributed by atoms with E-state index in [9.17, 15) is 4.79 Å². The fraction of sp³-hybridized carbons (Fsp3) is 0.562. The molecule has 3 nitrogen and oxygen atoms in total. The molecule has 2 rings (SSSR count). The molecule has 2 amide bonds. The lowest BCUT2D eigenvalue weighted by Gasteiger charge is -2.30. The number of nitrogens with one attached hydrogen (secondary N) is 1. The van der Waals surface area contributed by atoms with Gasteiger partial charge in [0.05, 0.1) is 0 Å². The zero-order chi connectivity index (χ0) is 13.7. The summed E-state index contributed by atoms with van der Waals surface area (Å²) in [6, 6.07) is 8.55. The minimum absolute atomic E-state index is 0.0965. The van der Waals surface area contributed by atoms with Crippen molar-refractivity contribution >= 4 is 6.03 Å². The van der Waals surface area contributed by atoms with Crippen molar-refractivity contribution in [3.05, 3.63) is 35.4 Å². The molecule has 0 aromatic heterocycles. The molecular weight excluding hydrogens is 236 g/mol. The molecule has 1 atom stereocenters. The average Bonchev–Trinajstić information content (AvgIpc) is 2.38. The maximum absolute atomic E-state index is 12.0. The quantitative estimate of drug-likeness (QED) is 0.890. The smallest absolute Gasteiger partial charge is 0.317 e. The van der Waals surface area contributed by atoms with Gasteiger partial charge < -0.3 is 10.2 Å². The van der Waals surface area contributed by atoms with Crippen LogP contribution in [-0.4, -0.2) is 30.6 Å². The second kappa shape index (κ2) is 6.60. The number of amides is 2. The summed E-state index contributed by atoms with van der Waals surface area (Å²) >= 11 is 0. The van der Waals surface area contributed by atoms with E-state index in [0.29, 0.717) is 12.5 Å². The molecule has 19 heavy (non-hydrogen) atoms. The SMILES string of the molecule is Cc1cccc(CCNC(=O)N2CCCC(C)C2)c1. The summed E-state index contributed by atoms with van der Waals surface area (Å²) in [6.07, 6.45) is 3.27. The Kier molecular flexibility index (Phi) is 4.83. The summed E-state index contributed by atoms with van der Waals surface area (Å²) in [7, 11) is 0. The Morgan fingerprint density at radius 1 is 1.47 bits per heavy atom. The molecule has 1 aromatic rings. The van der Waals surface area contributed by atoms with E-state index >= 15 is 0 Å². The number of hydrogen-bond donors (Lipinski definition) is 1. The fourth-order valence-corrected chi connectivity index (χ4v) is 2.67. The van der Waals surface area contributed by atoms with Crippen LogP contribution in [0, 0.1) is 12.8 Å². The molecular formula is C16H24N2O. The van der Waals surface area contributed by atoms with Gasteiger partial charge >= 0.3 is 6.03 Å². The summed E-state index contributed by atoms with van der Waals surface area (Å²) in [5.74, 6) is 0.635. The van der Waals surface area contributed by atoms with Gasteiger partial charge in [0, 0.05) is 19.6 Å². The highest BCUT2D eigenvalue weighted by Crippen LogP contribution is 2.15. The van der Waals surface area contributed by atoms with Gasteiger partial charge in [0.25, 0.3) is 0 Å². The van der Waals surface area contributed by atoms with Gasteiger partial charge in [-0.15, -0.1) is 0 Å². The number of nitrogens with zero attached hydrogens (tertiary/aromatic N) is 1. The van der Waals surface area contributed by atoms with Crippen molar-refractivity contribution in [3.63, 3.8) is 0 Å². The Bertz CT molecular complexity index is 431. The predicted octanol–water partition coefficient (Wildman–Crippen LogP) is 2.98. The number of carbonyl (C=O) groups is 1. The molecule has 104 valence electrons. The highest BCUT2D eigenvalue weighted by Gasteiger charge is 2.20. The first-order valence-corrected chi connectivity index (χ1v) is 7.23. The average molecular weight is 260 g/mol. The standard InChI is InChI=1S/C16H24N2O/c1-13-5-3-7-15(11-13)8-9-17-16(19)18-10-4-6-14(2)12-18/h3,5,7,11,14H,4,6,8-10,12H2,1-2H3,(H,17,19). The third kappa shape index (κ3) is 4.27. The first kappa shape index (κ1) is 13.9. The number of aryl methyl sites for hydroxylation is 1. The van der Waals surface area contributed by atoms with Crippen LogP contribution < -0.4 is 5.32 Å². The van der Waals surface area contributed by atoms with Crippen LogP contribution in [0.4, 0.5) is 4.79 Å². The Balaban J connectivity index is 1.74. The summed E-state index contributed by atoms with van der Waals surface area (Å²) in [6.45, 7) is 6.83. The van der Waals surface area contributed by atoms with Gasteiger partial charge in [-0.1, -0.05) is 36.8 Å². The Morgan fingerprint density at radius 3 is 3.05 bits per heavy atom. The van der Waals surface area contributed by atoms with Gasteiger partial charge in [-0.3, -0.25) is 0 Å². The van der Waals surface area contributed by atoms with E-state index in [0.717, 1.165) is 25.9 Å². The minimum atomic E-state index is 0.0965. The van der Waals surface area contributed by atoms with E-state index in [1.54, 1.807) is 0 Å². The highest BCUT2D eigenvalue weighted by atomic mass is 16.2. The normalized spacial score (nSPS) is 19.3. The molecule has 1 fully saturated rings. The van der Waals surface area contributed by atoms with Crippen molar-refractivity contribution in [2.24, 2.45) is 5.92 Å². The third-order valence-corrected chi connectivity index (χ3v) is 3.72. The van der Waals surface area contributed by atoms with E-state index in [1.165, 1.54) is 17.5 Å². The Morgan fingerprint density at radius 2 is 2.32 bits per heavy atom. The zero-order valence-electron chi connectivity index (χ0n) is 12.0. The lowest BCUT2D eigenvalue weighted by atomic mass is 10.0. The van der Waals surface area contributed by atoms with E-state index < -0.39 is 0 Å². The first-order chi connectivity index (χ1) is 9.15. The van der Waals surface area contributed by atoms with Crippen LogP contribution in [0.2, 0.25) is 0 Å². The molecule has 0 saturated carbocycles. The van der Waals surface area contributed by atoms with Crippen molar-refractivity contribution in [2.45, 2.75) is 33.1 Å². The van der Waals surface area contributed by atoms with Crippen LogP contribution in [0.15, 0.2) is 24.3 Å². The molecule has 1 heterocycles. The second-order valence-electron chi connectivity index (χ2n) is 5.66. The van der Waals surface area contributed by atoms with Crippen LogP contribution in [0.25, 0.3) is 0 Å². The van der Waals surface area contributed by atoms with Gasteiger partial charge in [-0.25, -0.2) is 4.79 Å². The van der Waals surface area contributed by atoms with Crippen molar-refractivity contribution in [1.29, 1.82) is 0 Å². The maximum Gasteiger partial charge on any atom is 0.317 e. The molecule has 3 heteroatoms. The van der Waals surface area contributed by atoms with E-state index in [4.69, 9.17) is 0 Å². The number of urea groups is 1. The van der Waals surface area contributed by atoms with Crippen LogP contribution in [-0.2, 0) is 6.42 Å². The monoisotopic (exact) mass is 260 g/mol. The van der Waals surface area contributed by atoms with Gasteiger partial charge in [0.2, 0.25) is 0 Å². The number of piperidine rings is 1. The minimum Gasteiger partial charge on any atom is -0.338 e. The lowest BCUT2D eigenvalue weighted by molar-refractivity contribution is 0.170. The Labute approximate surface area is 116 Å². The number of hydrogen-bond acceptors (Lipinski definition) is 1. The molecule has 1 aromatic carbocycles. The van der Waals surface area contributed by atoms with Crippen molar-refractivity contribution in [2.75, 3.05) is 19.6 Å². The number of rotatable bonds is 3. The maximum atomic E-state index is 12.0. The Hall–Kier alpha value is -1.51. The molecule has 1 unspecified atom stereocenters. The molecule has 1 aliphatic rings.